The third-order valence-corrected chi connectivity index (χ3v) is 3.75. The van der Waals surface area contributed by atoms with Gasteiger partial charge in [0.05, 0.1) is 0 Å². The Balaban J connectivity index is 2.19. The number of halogens is 2. The van der Waals surface area contributed by atoms with Gasteiger partial charge in [0.2, 0.25) is 12.7 Å². The van der Waals surface area contributed by atoms with E-state index in [-0.39, 0.29) is 5.41 Å². The third-order valence-electron chi connectivity index (χ3n) is 3.75. The zero-order chi connectivity index (χ0) is 17.0. The van der Waals surface area contributed by atoms with E-state index in [0.717, 1.165) is 11.1 Å². The summed E-state index contributed by atoms with van der Waals surface area (Å²) in [6.07, 6.45) is -2.67. The van der Waals surface area contributed by atoms with Gasteiger partial charge in [-0.2, -0.15) is 0 Å². The fourth-order valence-electron chi connectivity index (χ4n) is 2.44. The molecule has 0 spiro atoms. The molecule has 0 aromatic heterocycles. The molecule has 2 nitrogen and oxygen atoms in total. The lowest BCUT2D eigenvalue weighted by Gasteiger charge is -2.26. The van der Waals surface area contributed by atoms with E-state index in [0.29, 0.717) is 11.5 Å². The summed E-state index contributed by atoms with van der Waals surface area (Å²) in [6.45, 7) is 6.88. The number of hydrogen-bond acceptors (Lipinski definition) is 2. The molecule has 0 aliphatic carbocycles. The number of rotatable bonds is 6. The average Bonchev–Trinajstić information content (AvgIpc) is 2.47. The molecule has 124 valence electrons. The van der Waals surface area contributed by atoms with Crippen molar-refractivity contribution in [1.82, 2.24) is 0 Å². The molecule has 0 saturated heterocycles. The summed E-state index contributed by atoms with van der Waals surface area (Å²) >= 11 is 0. The largest absolute Gasteiger partial charge is 0.461 e. The first-order chi connectivity index (χ1) is 10.8. The van der Waals surface area contributed by atoms with Crippen molar-refractivity contribution >= 4 is 0 Å². The Morgan fingerprint density at radius 2 is 1.00 bits per heavy atom. The molecule has 2 unspecified atom stereocenters. The lowest BCUT2D eigenvalue weighted by molar-refractivity contribution is 0.0855. The van der Waals surface area contributed by atoms with Crippen molar-refractivity contribution in [2.45, 2.75) is 45.8 Å². The maximum absolute atomic E-state index is 12.9. The van der Waals surface area contributed by atoms with Crippen molar-refractivity contribution < 1.29 is 18.3 Å². The highest BCUT2D eigenvalue weighted by molar-refractivity contribution is 5.41. The zero-order valence-corrected chi connectivity index (χ0v) is 13.8. The Morgan fingerprint density at radius 3 is 1.26 bits per heavy atom. The molecule has 0 radical (unpaired) electrons. The van der Waals surface area contributed by atoms with Crippen LogP contribution in [0.5, 0.6) is 11.5 Å². The molecule has 0 bridgehead atoms. The van der Waals surface area contributed by atoms with Gasteiger partial charge in [-0.3, -0.25) is 0 Å². The first-order valence-electron chi connectivity index (χ1n) is 7.61. The second kappa shape index (κ2) is 6.99. The molecule has 2 aromatic rings. The van der Waals surface area contributed by atoms with Gasteiger partial charge in [-0.1, -0.05) is 38.1 Å². The van der Waals surface area contributed by atoms with Crippen LogP contribution in [0.3, 0.4) is 0 Å². The highest BCUT2D eigenvalue weighted by Gasteiger charge is 2.23. The predicted molar refractivity (Wildman–Crippen MR) is 87.4 cm³/mol. The monoisotopic (exact) mass is 320 g/mol. The fourth-order valence-corrected chi connectivity index (χ4v) is 2.44. The van der Waals surface area contributed by atoms with Gasteiger partial charge in [-0.25, -0.2) is 8.78 Å². The van der Waals surface area contributed by atoms with Crippen molar-refractivity contribution in [3.8, 4) is 11.5 Å². The topological polar surface area (TPSA) is 18.5 Å². The summed E-state index contributed by atoms with van der Waals surface area (Å²) in [5.74, 6) is 1.00. The van der Waals surface area contributed by atoms with E-state index in [4.69, 9.17) is 9.47 Å². The molecule has 0 saturated carbocycles. The van der Waals surface area contributed by atoms with Crippen molar-refractivity contribution in [3.05, 3.63) is 59.7 Å². The normalized spacial score (nSPS) is 14.2. The molecule has 4 heteroatoms. The molecular weight excluding hydrogens is 298 g/mol. The maximum atomic E-state index is 12.9. The summed E-state index contributed by atoms with van der Waals surface area (Å²) in [4.78, 5) is 0. The van der Waals surface area contributed by atoms with Crippen molar-refractivity contribution in [3.63, 3.8) is 0 Å². The van der Waals surface area contributed by atoms with E-state index >= 15 is 0 Å². The standard InChI is InChI=1S/C19H22F2O2/c1-13(20)22-17-9-5-15(6-10-17)19(3,4)16-7-11-18(12-8-16)23-14(2)21/h5-14H,1-4H3. The Labute approximate surface area is 136 Å². The van der Waals surface area contributed by atoms with Gasteiger partial charge in [-0.15, -0.1) is 0 Å². The van der Waals surface area contributed by atoms with E-state index in [2.05, 4.69) is 13.8 Å². The van der Waals surface area contributed by atoms with E-state index < -0.39 is 12.7 Å². The van der Waals surface area contributed by atoms with Crippen LogP contribution >= 0.6 is 0 Å². The lowest BCUT2D eigenvalue weighted by Crippen LogP contribution is -2.19. The lowest BCUT2D eigenvalue weighted by atomic mass is 9.78. The van der Waals surface area contributed by atoms with Crippen LogP contribution in [0.25, 0.3) is 0 Å². The van der Waals surface area contributed by atoms with Gasteiger partial charge >= 0.3 is 0 Å². The van der Waals surface area contributed by atoms with Crippen LogP contribution < -0.4 is 9.47 Å². The van der Waals surface area contributed by atoms with Crippen molar-refractivity contribution in [2.24, 2.45) is 0 Å². The minimum atomic E-state index is -1.33. The smallest absolute Gasteiger partial charge is 0.235 e. The zero-order valence-electron chi connectivity index (χ0n) is 13.8. The number of ether oxygens (including phenoxy) is 2. The summed E-state index contributed by atoms with van der Waals surface area (Å²) in [5, 5.41) is 0. The number of hydrogen-bond donors (Lipinski definition) is 0. The molecule has 0 aliphatic rings. The Bertz CT molecular complexity index is 561. The van der Waals surface area contributed by atoms with Crippen LogP contribution in [0.1, 0.15) is 38.8 Å². The van der Waals surface area contributed by atoms with Gasteiger partial charge in [0, 0.05) is 19.3 Å². The third kappa shape index (κ3) is 4.44. The quantitative estimate of drug-likeness (QED) is 0.709. The van der Waals surface area contributed by atoms with Gasteiger partial charge in [0.15, 0.2) is 0 Å². The SMILES string of the molecule is CC(F)Oc1ccc(C(C)(C)c2ccc(OC(C)F)cc2)cc1. The Morgan fingerprint density at radius 1 is 0.696 bits per heavy atom. The molecule has 0 heterocycles. The van der Waals surface area contributed by atoms with Crippen LogP contribution in [0.15, 0.2) is 48.5 Å². The summed E-state index contributed by atoms with van der Waals surface area (Å²) < 4.78 is 35.8. The minimum absolute atomic E-state index is 0.250. The van der Waals surface area contributed by atoms with E-state index in [1.54, 1.807) is 24.3 Å². The molecule has 0 N–H and O–H groups in total. The highest BCUT2D eigenvalue weighted by Crippen LogP contribution is 2.33. The molecule has 0 fully saturated rings. The maximum Gasteiger partial charge on any atom is 0.235 e. The average molecular weight is 320 g/mol. The van der Waals surface area contributed by atoms with E-state index in [9.17, 15) is 8.78 Å². The second-order valence-electron chi connectivity index (χ2n) is 6.00. The van der Waals surface area contributed by atoms with Crippen LogP contribution in [0.2, 0.25) is 0 Å². The molecule has 23 heavy (non-hydrogen) atoms. The van der Waals surface area contributed by atoms with Crippen LogP contribution in [0.4, 0.5) is 8.78 Å². The first-order valence-corrected chi connectivity index (χ1v) is 7.61. The number of alkyl halides is 2. The van der Waals surface area contributed by atoms with Crippen LogP contribution in [-0.4, -0.2) is 12.7 Å². The van der Waals surface area contributed by atoms with Crippen LogP contribution in [0, 0.1) is 0 Å². The molecule has 2 aromatic carbocycles. The fraction of sp³-hybridized carbons (Fsp3) is 0.368. The minimum Gasteiger partial charge on any atom is -0.461 e. The van der Waals surface area contributed by atoms with E-state index in [1.807, 2.05) is 24.3 Å². The van der Waals surface area contributed by atoms with Crippen molar-refractivity contribution in [1.29, 1.82) is 0 Å². The summed E-state index contributed by atoms with van der Waals surface area (Å²) in [6, 6.07) is 14.7. The highest BCUT2D eigenvalue weighted by atomic mass is 19.1. The molecule has 2 rings (SSSR count). The molecule has 0 aliphatic heterocycles. The first kappa shape index (κ1) is 17.3. The number of benzene rings is 2. The van der Waals surface area contributed by atoms with Gasteiger partial charge < -0.3 is 9.47 Å². The van der Waals surface area contributed by atoms with Gasteiger partial charge in [0.1, 0.15) is 11.5 Å². The van der Waals surface area contributed by atoms with Gasteiger partial charge in [0.25, 0.3) is 0 Å². The Hall–Kier alpha value is -2.10. The van der Waals surface area contributed by atoms with Crippen LogP contribution in [-0.2, 0) is 5.41 Å². The summed E-state index contributed by atoms with van der Waals surface area (Å²) in [5.41, 5.74) is 1.90. The van der Waals surface area contributed by atoms with Crippen molar-refractivity contribution in [2.75, 3.05) is 0 Å². The Kier molecular flexibility index (Phi) is 5.24. The van der Waals surface area contributed by atoms with E-state index in [1.165, 1.54) is 13.8 Å². The summed E-state index contributed by atoms with van der Waals surface area (Å²) in [7, 11) is 0. The molecule has 2 atom stereocenters. The molecule has 0 amide bonds. The second-order valence-corrected chi connectivity index (χ2v) is 6.00. The molecular formula is C19H22F2O2. The van der Waals surface area contributed by atoms with Gasteiger partial charge in [-0.05, 0) is 35.4 Å². The predicted octanol–water partition coefficient (Wildman–Crippen LogP) is 5.40.